The molecule has 0 aliphatic heterocycles. The van der Waals surface area contributed by atoms with E-state index in [9.17, 15) is 0 Å². The van der Waals surface area contributed by atoms with Gasteiger partial charge >= 0.3 is 0 Å². The zero-order valence-electron chi connectivity index (χ0n) is 9.30. The maximum Gasteiger partial charge on any atom is 0.137 e. The highest BCUT2D eigenvalue weighted by Gasteiger charge is 2.08. The molecule has 0 aliphatic rings. The second-order valence-corrected chi connectivity index (χ2v) is 6.12. The fourth-order valence-corrected chi connectivity index (χ4v) is 3.37. The highest BCUT2D eigenvalue weighted by atomic mass is 32.1. The second kappa shape index (κ2) is 4.09. The highest BCUT2D eigenvalue weighted by Crippen LogP contribution is 2.27. The van der Waals surface area contributed by atoms with E-state index in [1.807, 2.05) is 12.1 Å². The standard InChI is InChI=1S/C12H11N3S2/c1-7-5-9-11(13)14-10(15-12(9)17-7)6-8-3-2-4-16-8/h2-5H,6H2,1H3,(H2,13,14,15). The summed E-state index contributed by atoms with van der Waals surface area (Å²) in [6.07, 6.45) is 0.759. The normalized spacial score (nSPS) is 11.1. The number of rotatable bonds is 2. The van der Waals surface area contributed by atoms with Gasteiger partial charge in [-0.15, -0.1) is 22.7 Å². The predicted octanol–water partition coefficient (Wildman–Crippen LogP) is 3.23. The van der Waals surface area contributed by atoms with Crippen LogP contribution in [0.15, 0.2) is 23.6 Å². The molecule has 5 heteroatoms. The zero-order chi connectivity index (χ0) is 11.8. The third-order valence-electron chi connectivity index (χ3n) is 2.50. The van der Waals surface area contributed by atoms with Crippen molar-refractivity contribution in [2.75, 3.05) is 5.73 Å². The van der Waals surface area contributed by atoms with E-state index in [2.05, 4.69) is 28.3 Å². The number of thiophene rings is 2. The summed E-state index contributed by atoms with van der Waals surface area (Å²) in [6, 6.07) is 6.18. The Hall–Kier alpha value is -1.46. The molecule has 0 aromatic carbocycles. The van der Waals surface area contributed by atoms with Crippen molar-refractivity contribution in [3.63, 3.8) is 0 Å². The molecule has 0 fully saturated rings. The summed E-state index contributed by atoms with van der Waals surface area (Å²) in [5.74, 6) is 1.39. The van der Waals surface area contributed by atoms with Gasteiger partial charge < -0.3 is 5.73 Å². The van der Waals surface area contributed by atoms with Crippen LogP contribution in [0.25, 0.3) is 10.2 Å². The molecule has 0 saturated carbocycles. The van der Waals surface area contributed by atoms with E-state index in [0.717, 1.165) is 22.5 Å². The summed E-state index contributed by atoms with van der Waals surface area (Å²) >= 11 is 3.38. The van der Waals surface area contributed by atoms with Crippen LogP contribution in [0, 0.1) is 6.92 Å². The Labute approximate surface area is 107 Å². The molecule has 0 atom stereocenters. The molecule has 0 amide bonds. The van der Waals surface area contributed by atoms with E-state index in [-0.39, 0.29) is 0 Å². The van der Waals surface area contributed by atoms with Gasteiger partial charge in [0.1, 0.15) is 16.5 Å². The van der Waals surface area contributed by atoms with E-state index in [1.165, 1.54) is 9.75 Å². The minimum absolute atomic E-state index is 0.589. The molecule has 0 unspecified atom stereocenters. The maximum absolute atomic E-state index is 5.96. The van der Waals surface area contributed by atoms with Crippen molar-refractivity contribution < 1.29 is 0 Å². The SMILES string of the molecule is Cc1cc2c(N)nc(Cc3cccs3)nc2s1. The van der Waals surface area contributed by atoms with Gasteiger partial charge in [0.05, 0.1) is 5.39 Å². The van der Waals surface area contributed by atoms with Gasteiger partial charge in [-0.1, -0.05) is 6.07 Å². The number of nitrogens with zero attached hydrogens (tertiary/aromatic N) is 2. The molecule has 0 radical (unpaired) electrons. The first-order chi connectivity index (χ1) is 8.22. The van der Waals surface area contributed by atoms with Crippen molar-refractivity contribution in [3.8, 4) is 0 Å². The van der Waals surface area contributed by atoms with Crippen LogP contribution in [-0.2, 0) is 6.42 Å². The van der Waals surface area contributed by atoms with Crippen molar-refractivity contribution in [3.05, 3.63) is 39.2 Å². The van der Waals surface area contributed by atoms with Crippen LogP contribution >= 0.6 is 22.7 Å². The van der Waals surface area contributed by atoms with Crippen LogP contribution < -0.4 is 5.73 Å². The Morgan fingerprint density at radius 3 is 3.00 bits per heavy atom. The summed E-state index contributed by atoms with van der Waals surface area (Å²) in [7, 11) is 0. The molecule has 0 spiro atoms. The first-order valence-electron chi connectivity index (χ1n) is 5.27. The molecule has 3 aromatic rings. The Kier molecular flexibility index (Phi) is 2.57. The minimum atomic E-state index is 0.589. The number of nitrogen functional groups attached to an aromatic ring is 1. The van der Waals surface area contributed by atoms with Crippen molar-refractivity contribution in [2.45, 2.75) is 13.3 Å². The van der Waals surface area contributed by atoms with Crippen LogP contribution in [0.3, 0.4) is 0 Å². The lowest BCUT2D eigenvalue weighted by atomic mass is 10.3. The molecular formula is C12H11N3S2. The fraction of sp³-hybridized carbons (Fsp3) is 0.167. The number of nitrogens with two attached hydrogens (primary N) is 1. The molecule has 0 bridgehead atoms. The smallest absolute Gasteiger partial charge is 0.137 e. The topological polar surface area (TPSA) is 51.8 Å². The fourth-order valence-electron chi connectivity index (χ4n) is 1.76. The Morgan fingerprint density at radius 1 is 1.35 bits per heavy atom. The number of aryl methyl sites for hydroxylation is 1. The molecule has 3 heterocycles. The average molecular weight is 261 g/mol. The average Bonchev–Trinajstić information content (AvgIpc) is 2.87. The lowest BCUT2D eigenvalue weighted by molar-refractivity contribution is 1.02. The monoisotopic (exact) mass is 261 g/mol. The number of aromatic nitrogens is 2. The minimum Gasteiger partial charge on any atom is -0.383 e. The van der Waals surface area contributed by atoms with Crippen molar-refractivity contribution in [2.24, 2.45) is 0 Å². The second-order valence-electron chi connectivity index (χ2n) is 3.86. The summed E-state index contributed by atoms with van der Waals surface area (Å²) in [5.41, 5.74) is 5.96. The van der Waals surface area contributed by atoms with E-state index < -0.39 is 0 Å². The van der Waals surface area contributed by atoms with Crippen LogP contribution in [-0.4, -0.2) is 9.97 Å². The predicted molar refractivity (Wildman–Crippen MR) is 73.7 cm³/mol. The molecule has 0 saturated heterocycles. The van der Waals surface area contributed by atoms with Gasteiger partial charge in [0.2, 0.25) is 0 Å². The van der Waals surface area contributed by atoms with Crippen LogP contribution in [0.2, 0.25) is 0 Å². The van der Waals surface area contributed by atoms with Gasteiger partial charge in [0.15, 0.2) is 0 Å². The van der Waals surface area contributed by atoms with Crippen molar-refractivity contribution in [1.29, 1.82) is 0 Å². The highest BCUT2D eigenvalue weighted by molar-refractivity contribution is 7.18. The van der Waals surface area contributed by atoms with Crippen LogP contribution in [0.4, 0.5) is 5.82 Å². The quantitative estimate of drug-likeness (QED) is 0.770. The molecular weight excluding hydrogens is 250 g/mol. The van der Waals surface area contributed by atoms with Crippen LogP contribution in [0.5, 0.6) is 0 Å². The summed E-state index contributed by atoms with van der Waals surface area (Å²) in [6.45, 7) is 2.06. The van der Waals surface area contributed by atoms with Crippen molar-refractivity contribution >= 4 is 38.7 Å². The summed E-state index contributed by atoms with van der Waals surface area (Å²) in [4.78, 5) is 12.4. The largest absolute Gasteiger partial charge is 0.383 e. The maximum atomic E-state index is 5.96. The van der Waals surface area contributed by atoms with E-state index >= 15 is 0 Å². The van der Waals surface area contributed by atoms with E-state index in [1.54, 1.807) is 22.7 Å². The molecule has 3 rings (SSSR count). The van der Waals surface area contributed by atoms with Gasteiger partial charge in [0, 0.05) is 16.2 Å². The molecule has 3 aromatic heterocycles. The van der Waals surface area contributed by atoms with Gasteiger partial charge in [-0.2, -0.15) is 0 Å². The molecule has 0 aliphatic carbocycles. The number of hydrogen-bond acceptors (Lipinski definition) is 5. The van der Waals surface area contributed by atoms with Crippen LogP contribution in [0.1, 0.15) is 15.6 Å². The van der Waals surface area contributed by atoms with Gasteiger partial charge in [-0.25, -0.2) is 9.97 Å². The lowest BCUT2D eigenvalue weighted by Crippen LogP contribution is -1.99. The van der Waals surface area contributed by atoms with Crippen molar-refractivity contribution in [1.82, 2.24) is 9.97 Å². The Bertz CT molecular complexity index is 656. The Balaban J connectivity index is 2.06. The third-order valence-corrected chi connectivity index (χ3v) is 4.32. The first kappa shape index (κ1) is 10.7. The van der Waals surface area contributed by atoms with E-state index in [4.69, 9.17) is 5.73 Å². The number of hydrogen-bond donors (Lipinski definition) is 1. The summed E-state index contributed by atoms with van der Waals surface area (Å²) < 4.78 is 0. The Morgan fingerprint density at radius 2 is 2.24 bits per heavy atom. The van der Waals surface area contributed by atoms with E-state index in [0.29, 0.717) is 5.82 Å². The first-order valence-corrected chi connectivity index (χ1v) is 6.97. The van der Waals surface area contributed by atoms with Gasteiger partial charge in [-0.3, -0.25) is 0 Å². The zero-order valence-corrected chi connectivity index (χ0v) is 10.9. The summed E-state index contributed by atoms with van der Waals surface area (Å²) in [5, 5.41) is 3.04. The molecule has 86 valence electrons. The van der Waals surface area contributed by atoms with Gasteiger partial charge in [0.25, 0.3) is 0 Å². The number of fused-ring (bicyclic) bond motifs is 1. The third kappa shape index (κ3) is 2.03. The lowest BCUT2D eigenvalue weighted by Gasteiger charge is -2.00. The van der Waals surface area contributed by atoms with Gasteiger partial charge in [-0.05, 0) is 24.4 Å². The molecule has 3 nitrogen and oxygen atoms in total. The molecule has 2 N–H and O–H groups in total. The number of anilines is 1. The molecule has 17 heavy (non-hydrogen) atoms.